The number of thiophene rings is 1. The molecule has 3 N–H and O–H groups in total. The van der Waals surface area contributed by atoms with Crippen molar-refractivity contribution in [3.63, 3.8) is 0 Å². The van der Waals surface area contributed by atoms with Crippen LogP contribution in [0, 0.1) is 0 Å². The summed E-state index contributed by atoms with van der Waals surface area (Å²) < 4.78 is 0. The minimum absolute atomic E-state index is 0.278. The van der Waals surface area contributed by atoms with Gasteiger partial charge in [-0.15, -0.1) is 11.3 Å². The van der Waals surface area contributed by atoms with E-state index in [1.54, 1.807) is 17.5 Å². The minimum Gasteiger partial charge on any atom is -0.391 e. The number of anilines is 2. The average Bonchev–Trinajstić information content (AvgIpc) is 3.31. The Bertz CT molecular complexity index is 818. The van der Waals surface area contributed by atoms with E-state index in [4.69, 9.17) is 0 Å². The Morgan fingerprint density at radius 2 is 2.36 bits per heavy atom. The largest absolute Gasteiger partial charge is 0.391 e. The Labute approximate surface area is 149 Å². The van der Waals surface area contributed by atoms with Crippen LogP contribution in [0.1, 0.15) is 18.4 Å². The van der Waals surface area contributed by atoms with Crippen molar-refractivity contribution in [2.24, 2.45) is 0 Å². The van der Waals surface area contributed by atoms with E-state index in [1.165, 1.54) is 0 Å². The maximum atomic E-state index is 9.85. The van der Waals surface area contributed by atoms with Crippen LogP contribution in [0.2, 0.25) is 0 Å². The first-order chi connectivity index (χ1) is 12.3. The quantitative estimate of drug-likeness (QED) is 0.651. The second-order valence-corrected chi connectivity index (χ2v) is 7.03. The van der Waals surface area contributed by atoms with E-state index in [-0.39, 0.29) is 6.10 Å². The molecule has 1 aliphatic rings. The average molecular weight is 356 g/mol. The van der Waals surface area contributed by atoms with Gasteiger partial charge in [0.1, 0.15) is 5.82 Å². The van der Waals surface area contributed by atoms with Gasteiger partial charge in [-0.1, -0.05) is 6.07 Å². The van der Waals surface area contributed by atoms with E-state index in [9.17, 15) is 5.11 Å². The maximum absolute atomic E-state index is 9.85. The lowest BCUT2D eigenvalue weighted by atomic mass is 10.1. The zero-order chi connectivity index (χ0) is 17.1. The monoisotopic (exact) mass is 356 g/mol. The van der Waals surface area contributed by atoms with Crippen LogP contribution in [0.25, 0.3) is 10.6 Å². The summed E-state index contributed by atoms with van der Waals surface area (Å²) in [7, 11) is 0. The summed E-state index contributed by atoms with van der Waals surface area (Å²) in [4.78, 5) is 12.2. The highest BCUT2D eigenvalue weighted by atomic mass is 32.1. The van der Waals surface area contributed by atoms with E-state index in [1.807, 2.05) is 23.7 Å². The molecule has 1 fully saturated rings. The summed E-state index contributed by atoms with van der Waals surface area (Å²) in [5.41, 5.74) is 2.10. The van der Waals surface area contributed by atoms with Crippen molar-refractivity contribution in [1.29, 1.82) is 0 Å². The van der Waals surface area contributed by atoms with Crippen LogP contribution >= 0.6 is 11.3 Å². The Morgan fingerprint density at radius 3 is 3.20 bits per heavy atom. The van der Waals surface area contributed by atoms with Gasteiger partial charge in [0.25, 0.3) is 0 Å². The topological polar surface area (TPSA) is 90.0 Å². The van der Waals surface area contributed by atoms with Gasteiger partial charge in [-0.05, 0) is 30.4 Å². The van der Waals surface area contributed by atoms with Crippen LogP contribution in [0.5, 0.6) is 0 Å². The van der Waals surface area contributed by atoms with Gasteiger partial charge in [-0.2, -0.15) is 10.1 Å². The third kappa shape index (κ3) is 3.64. The van der Waals surface area contributed by atoms with Crippen molar-refractivity contribution in [2.75, 3.05) is 23.3 Å². The first-order valence-corrected chi connectivity index (χ1v) is 9.23. The number of piperidine rings is 1. The molecule has 0 radical (unpaired) electrons. The van der Waals surface area contributed by atoms with Crippen molar-refractivity contribution in [2.45, 2.75) is 25.5 Å². The number of hydrogen-bond donors (Lipinski definition) is 3. The summed E-state index contributed by atoms with van der Waals surface area (Å²) >= 11 is 1.68. The predicted molar refractivity (Wildman–Crippen MR) is 98.7 cm³/mol. The zero-order valence-corrected chi connectivity index (χ0v) is 14.5. The van der Waals surface area contributed by atoms with Gasteiger partial charge < -0.3 is 15.3 Å². The van der Waals surface area contributed by atoms with Crippen LogP contribution < -0.4 is 10.2 Å². The fourth-order valence-corrected chi connectivity index (χ4v) is 3.78. The van der Waals surface area contributed by atoms with Crippen molar-refractivity contribution < 1.29 is 5.11 Å². The molecule has 7 nitrogen and oxygen atoms in total. The third-order valence-corrected chi connectivity index (χ3v) is 5.17. The fourth-order valence-electron chi connectivity index (χ4n) is 3.03. The lowest BCUT2D eigenvalue weighted by molar-refractivity contribution is 0.154. The van der Waals surface area contributed by atoms with Gasteiger partial charge in [0.2, 0.25) is 5.95 Å². The van der Waals surface area contributed by atoms with Gasteiger partial charge in [0, 0.05) is 31.4 Å². The van der Waals surface area contributed by atoms with Gasteiger partial charge >= 0.3 is 0 Å². The number of β-amino-alcohol motifs (C(OH)–C–C–N with tert-alkyl or cyclic N) is 1. The van der Waals surface area contributed by atoms with E-state index in [2.05, 4.69) is 36.4 Å². The standard InChI is InChI=1S/C17H20N6OS/c24-13-3-1-7-23(11-13)15-5-6-18-17(21-15)19-9-12-10-20-22-16(12)14-4-2-8-25-14/h2,4-6,8,10,13,24H,1,3,7,9,11H2,(H,20,22)(H,18,19,21). The second kappa shape index (κ2) is 7.20. The van der Waals surface area contributed by atoms with Gasteiger partial charge in [0.05, 0.1) is 22.9 Å². The van der Waals surface area contributed by atoms with Gasteiger partial charge in [-0.25, -0.2) is 4.98 Å². The number of aromatic amines is 1. The number of rotatable bonds is 5. The molecule has 25 heavy (non-hydrogen) atoms. The smallest absolute Gasteiger partial charge is 0.224 e. The highest BCUT2D eigenvalue weighted by Crippen LogP contribution is 2.26. The molecular formula is C17H20N6OS. The van der Waals surface area contributed by atoms with Crippen LogP contribution in [-0.2, 0) is 6.54 Å². The highest BCUT2D eigenvalue weighted by Gasteiger charge is 2.19. The van der Waals surface area contributed by atoms with Crippen molar-refractivity contribution >= 4 is 23.1 Å². The summed E-state index contributed by atoms with van der Waals surface area (Å²) in [6.45, 7) is 2.13. The van der Waals surface area contributed by atoms with Crippen molar-refractivity contribution in [3.05, 3.63) is 41.5 Å². The molecule has 0 bridgehead atoms. The summed E-state index contributed by atoms with van der Waals surface area (Å²) in [6, 6.07) is 5.98. The minimum atomic E-state index is -0.278. The highest BCUT2D eigenvalue weighted by molar-refractivity contribution is 7.13. The molecule has 0 amide bonds. The molecule has 0 aliphatic carbocycles. The zero-order valence-electron chi connectivity index (χ0n) is 13.7. The first kappa shape index (κ1) is 16.0. The molecule has 3 aromatic rings. The number of aliphatic hydroxyl groups is 1. The normalized spacial score (nSPS) is 17.6. The maximum Gasteiger partial charge on any atom is 0.224 e. The molecule has 8 heteroatoms. The number of aliphatic hydroxyl groups excluding tert-OH is 1. The number of hydrogen-bond acceptors (Lipinski definition) is 7. The fraction of sp³-hybridized carbons (Fsp3) is 0.353. The van der Waals surface area contributed by atoms with Crippen molar-refractivity contribution in [3.8, 4) is 10.6 Å². The van der Waals surface area contributed by atoms with E-state index in [0.717, 1.165) is 41.3 Å². The third-order valence-electron chi connectivity index (χ3n) is 4.28. The van der Waals surface area contributed by atoms with Crippen LogP contribution in [0.4, 0.5) is 11.8 Å². The summed E-state index contributed by atoms with van der Waals surface area (Å²) in [5, 5.41) is 22.4. The molecule has 0 aromatic carbocycles. The number of nitrogens with zero attached hydrogens (tertiary/aromatic N) is 4. The molecule has 1 saturated heterocycles. The molecule has 0 spiro atoms. The van der Waals surface area contributed by atoms with E-state index >= 15 is 0 Å². The Hall–Kier alpha value is -2.45. The number of H-pyrrole nitrogens is 1. The number of nitrogens with one attached hydrogen (secondary N) is 2. The molecule has 3 aromatic heterocycles. The molecule has 1 aliphatic heterocycles. The molecule has 4 heterocycles. The summed E-state index contributed by atoms with van der Waals surface area (Å²) in [6.07, 6.45) is 5.14. The van der Waals surface area contributed by atoms with Crippen molar-refractivity contribution in [1.82, 2.24) is 20.2 Å². The lowest BCUT2D eigenvalue weighted by Crippen LogP contribution is -2.38. The summed E-state index contributed by atoms with van der Waals surface area (Å²) in [5.74, 6) is 1.43. The number of aromatic nitrogens is 4. The first-order valence-electron chi connectivity index (χ1n) is 8.35. The van der Waals surface area contributed by atoms with Crippen LogP contribution in [0.15, 0.2) is 36.0 Å². The molecule has 1 unspecified atom stereocenters. The van der Waals surface area contributed by atoms with E-state index < -0.39 is 0 Å². The van der Waals surface area contributed by atoms with Crippen LogP contribution in [0.3, 0.4) is 0 Å². The van der Waals surface area contributed by atoms with Gasteiger partial charge in [-0.3, -0.25) is 5.10 Å². The molecule has 1 atom stereocenters. The Balaban J connectivity index is 1.45. The molecule has 0 saturated carbocycles. The Morgan fingerprint density at radius 1 is 1.40 bits per heavy atom. The van der Waals surface area contributed by atoms with E-state index in [0.29, 0.717) is 19.0 Å². The predicted octanol–water partition coefficient (Wildman–Crippen LogP) is 2.50. The SMILES string of the molecule is OC1CCCN(c2ccnc(NCc3cn[nH]c3-c3cccs3)n2)C1. The molecule has 4 rings (SSSR count). The second-order valence-electron chi connectivity index (χ2n) is 6.08. The lowest BCUT2D eigenvalue weighted by Gasteiger charge is -2.31. The Kier molecular flexibility index (Phi) is 4.62. The molecule has 130 valence electrons. The van der Waals surface area contributed by atoms with Crippen LogP contribution in [-0.4, -0.2) is 44.5 Å². The van der Waals surface area contributed by atoms with Gasteiger partial charge in [0.15, 0.2) is 0 Å². The molecular weight excluding hydrogens is 336 g/mol.